The van der Waals surface area contributed by atoms with E-state index in [9.17, 15) is 9.59 Å². The Morgan fingerprint density at radius 1 is 1.10 bits per heavy atom. The van der Waals surface area contributed by atoms with Gasteiger partial charge in [0, 0.05) is 45.0 Å². The van der Waals surface area contributed by atoms with Gasteiger partial charge in [-0.3, -0.25) is 14.8 Å². The van der Waals surface area contributed by atoms with E-state index in [2.05, 4.69) is 15.2 Å². The van der Waals surface area contributed by atoms with Crippen LogP contribution < -0.4 is 22.5 Å². The van der Waals surface area contributed by atoms with E-state index >= 15 is 0 Å². The number of nitrogens with two attached hydrogens (primary N) is 2. The number of anilines is 1. The third kappa shape index (κ3) is 4.08. The normalized spacial score (nSPS) is 25.2. The summed E-state index contributed by atoms with van der Waals surface area (Å²) >= 11 is 0. The molecule has 2 amide bonds. The zero-order chi connectivity index (χ0) is 21.5. The zero-order valence-corrected chi connectivity index (χ0v) is 17.5. The molecule has 2 aliphatic heterocycles. The van der Waals surface area contributed by atoms with Gasteiger partial charge < -0.3 is 16.4 Å². The van der Waals surface area contributed by atoms with Crippen LogP contribution in [0.15, 0.2) is 41.3 Å². The fraction of sp³-hybridized carbons (Fsp3) is 0.500. The van der Waals surface area contributed by atoms with Gasteiger partial charge in [0.1, 0.15) is 5.82 Å². The Morgan fingerprint density at radius 2 is 1.81 bits per heavy atom. The first kappa shape index (κ1) is 20.2. The average molecular weight is 424 g/mol. The van der Waals surface area contributed by atoms with Crippen LogP contribution in [0, 0.1) is 17.8 Å². The third-order valence-corrected chi connectivity index (χ3v) is 6.81. The molecule has 5 N–H and O–H groups in total. The van der Waals surface area contributed by atoms with Crippen LogP contribution in [-0.2, 0) is 6.54 Å². The van der Waals surface area contributed by atoms with Gasteiger partial charge in [0.15, 0.2) is 0 Å². The Bertz CT molecular complexity index is 1000. The second kappa shape index (κ2) is 8.07. The number of fused-ring (bicyclic) bond motifs is 1. The van der Waals surface area contributed by atoms with Crippen LogP contribution in [0.25, 0.3) is 5.69 Å². The molecule has 3 fully saturated rings. The van der Waals surface area contributed by atoms with E-state index in [0.717, 1.165) is 31.7 Å². The highest BCUT2D eigenvalue weighted by Gasteiger charge is 2.53. The summed E-state index contributed by atoms with van der Waals surface area (Å²) in [6, 6.07) is 9.76. The summed E-state index contributed by atoms with van der Waals surface area (Å²) in [5, 5.41) is 2.70. The molecule has 0 spiro atoms. The number of aromatic nitrogens is 2. The first-order valence-corrected chi connectivity index (χ1v) is 10.9. The van der Waals surface area contributed by atoms with Gasteiger partial charge in [-0.2, -0.15) is 4.98 Å². The number of carbonyl (C=O) groups is 1. The maximum atomic E-state index is 12.5. The lowest BCUT2D eigenvalue weighted by Crippen LogP contribution is -2.52. The number of rotatable bonds is 6. The van der Waals surface area contributed by atoms with Gasteiger partial charge in [0.05, 0.1) is 5.69 Å². The molecule has 2 aromatic rings. The Balaban J connectivity index is 1.18. The van der Waals surface area contributed by atoms with Crippen LogP contribution in [0.2, 0.25) is 0 Å². The van der Waals surface area contributed by atoms with E-state index in [0.29, 0.717) is 43.4 Å². The van der Waals surface area contributed by atoms with Crippen molar-refractivity contribution in [2.45, 2.75) is 19.0 Å². The maximum Gasteiger partial charge on any atom is 0.354 e. The van der Waals surface area contributed by atoms with E-state index in [1.165, 1.54) is 10.1 Å². The fourth-order valence-corrected chi connectivity index (χ4v) is 4.82. The topological polar surface area (TPSA) is 123 Å². The Labute approximate surface area is 181 Å². The number of piperidine rings is 1. The van der Waals surface area contributed by atoms with Gasteiger partial charge in [-0.25, -0.2) is 9.59 Å². The third-order valence-electron chi connectivity index (χ3n) is 6.81. The summed E-state index contributed by atoms with van der Waals surface area (Å²) in [5.41, 5.74) is 13.1. The van der Waals surface area contributed by atoms with Crippen LogP contribution in [0.4, 0.5) is 10.6 Å². The molecule has 9 nitrogen and oxygen atoms in total. The number of hydrogen-bond acceptors (Lipinski definition) is 6. The Hall–Kier alpha value is -2.75. The number of amides is 2. The quantitative estimate of drug-likeness (QED) is 0.619. The van der Waals surface area contributed by atoms with E-state index in [1.807, 2.05) is 24.3 Å². The molecule has 2 saturated heterocycles. The summed E-state index contributed by atoms with van der Waals surface area (Å²) in [6.45, 7) is 5.08. The van der Waals surface area contributed by atoms with Crippen molar-refractivity contribution in [1.82, 2.24) is 19.4 Å². The van der Waals surface area contributed by atoms with Gasteiger partial charge >= 0.3 is 11.7 Å². The Morgan fingerprint density at radius 3 is 2.45 bits per heavy atom. The van der Waals surface area contributed by atoms with Gasteiger partial charge in [-0.1, -0.05) is 12.1 Å². The molecule has 1 aromatic carbocycles. The molecule has 5 rings (SSSR count). The van der Waals surface area contributed by atoms with Crippen LogP contribution >= 0.6 is 0 Å². The average Bonchev–Trinajstić information content (AvgIpc) is 3.11. The van der Waals surface area contributed by atoms with Crippen molar-refractivity contribution in [2.24, 2.45) is 29.2 Å². The summed E-state index contributed by atoms with van der Waals surface area (Å²) in [4.78, 5) is 32.9. The lowest BCUT2D eigenvalue weighted by molar-refractivity contribution is 0.127. The van der Waals surface area contributed by atoms with Crippen molar-refractivity contribution in [2.75, 3.05) is 38.0 Å². The summed E-state index contributed by atoms with van der Waals surface area (Å²) in [5.74, 6) is 2.08. The molecule has 0 radical (unpaired) electrons. The molecule has 164 valence electrons. The smallest absolute Gasteiger partial charge is 0.330 e. The molecule has 9 heteroatoms. The summed E-state index contributed by atoms with van der Waals surface area (Å²) in [6.07, 6.45) is 2.56. The van der Waals surface area contributed by atoms with Gasteiger partial charge in [-0.05, 0) is 54.5 Å². The number of likely N-dealkylation sites (tertiary alicyclic amines) is 2. The van der Waals surface area contributed by atoms with Crippen molar-refractivity contribution in [3.05, 3.63) is 52.6 Å². The van der Waals surface area contributed by atoms with E-state index in [-0.39, 0.29) is 11.8 Å². The molecule has 0 bridgehead atoms. The van der Waals surface area contributed by atoms with Gasteiger partial charge in [0.2, 0.25) is 0 Å². The number of nitrogens with zero attached hydrogens (tertiary/aromatic N) is 4. The molecule has 31 heavy (non-hydrogen) atoms. The van der Waals surface area contributed by atoms with Crippen LogP contribution in [-0.4, -0.2) is 64.1 Å². The highest BCUT2D eigenvalue weighted by Crippen LogP contribution is 2.44. The van der Waals surface area contributed by atoms with Gasteiger partial charge in [-0.15, -0.1) is 0 Å². The second-order valence-corrected chi connectivity index (χ2v) is 9.01. The predicted octanol–water partition coefficient (Wildman–Crippen LogP) is 0.434. The van der Waals surface area contributed by atoms with Crippen LogP contribution in [0.1, 0.15) is 12.0 Å². The summed E-state index contributed by atoms with van der Waals surface area (Å²) < 4.78 is 1.48. The molecule has 1 aliphatic carbocycles. The number of benzene rings is 1. The number of carbonyl (C=O) groups excluding carboxylic acids is 1. The van der Waals surface area contributed by atoms with Crippen molar-refractivity contribution < 1.29 is 4.79 Å². The standard InChI is InChI=1S/C22H29N7O2/c23-7-5-15-10-28(11-15)21(30)25-19-6-8-29(22(31)26-19)16-3-1-14(2-4-16)9-27-12-17-18(13-27)20(17)24/h1-4,6,8,15,17-18,20H,5,7,9-13,23-24H2,(H,25,26,30,31)/t17-,18+,20?. The molecule has 1 saturated carbocycles. The molecule has 3 aliphatic rings. The van der Waals surface area contributed by atoms with Crippen molar-refractivity contribution in [3.63, 3.8) is 0 Å². The fourth-order valence-electron chi connectivity index (χ4n) is 4.82. The van der Waals surface area contributed by atoms with E-state index in [1.54, 1.807) is 17.2 Å². The Kier molecular flexibility index (Phi) is 5.25. The van der Waals surface area contributed by atoms with Crippen LogP contribution in [0.5, 0.6) is 0 Å². The van der Waals surface area contributed by atoms with Crippen molar-refractivity contribution >= 4 is 11.8 Å². The molecular weight excluding hydrogens is 394 g/mol. The van der Waals surface area contributed by atoms with Crippen molar-refractivity contribution in [3.8, 4) is 5.69 Å². The maximum absolute atomic E-state index is 12.5. The van der Waals surface area contributed by atoms with E-state index < -0.39 is 5.69 Å². The zero-order valence-electron chi connectivity index (χ0n) is 17.5. The second-order valence-electron chi connectivity index (χ2n) is 9.01. The molecule has 1 aromatic heterocycles. The minimum Gasteiger partial charge on any atom is -0.330 e. The highest BCUT2D eigenvalue weighted by atomic mass is 16.2. The first-order valence-electron chi connectivity index (χ1n) is 10.9. The van der Waals surface area contributed by atoms with Crippen molar-refractivity contribution in [1.29, 1.82) is 0 Å². The molecule has 3 heterocycles. The first-order chi connectivity index (χ1) is 15.0. The molecule has 3 atom stereocenters. The number of urea groups is 1. The highest BCUT2D eigenvalue weighted by molar-refractivity contribution is 5.88. The van der Waals surface area contributed by atoms with Gasteiger partial charge in [0.25, 0.3) is 0 Å². The summed E-state index contributed by atoms with van der Waals surface area (Å²) in [7, 11) is 0. The SMILES string of the molecule is NCCC1CN(C(=O)Nc2ccn(-c3ccc(CN4C[C@@H]5C(N)[C@@H]5C4)cc3)c(=O)n2)C1. The molecule has 1 unspecified atom stereocenters. The van der Waals surface area contributed by atoms with Crippen LogP contribution in [0.3, 0.4) is 0 Å². The monoisotopic (exact) mass is 423 g/mol. The largest absolute Gasteiger partial charge is 0.354 e. The predicted molar refractivity (Wildman–Crippen MR) is 118 cm³/mol. The lowest BCUT2D eigenvalue weighted by Gasteiger charge is -2.38. The molecular formula is C22H29N7O2. The number of nitrogens with one attached hydrogen (secondary N) is 1. The van der Waals surface area contributed by atoms with E-state index in [4.69, 9.17) is 11.5 Å². The number of hydrogen-bond donors (Lipinski definition) is 3. The lowest BCUT2D eigenvalue weighted by atomic mass is 9.97. The minimum absolute atomic E-state index is 0.234. The minimum atomic E-state index is -0.427.